The molecule has 0 bridgehead atoms. The molecular formula is C14H24N2O4S. The van der Waals surface area contributed by atoms with Crippen molar-refractivity contribution in [1.82, 2.24) is 9.62 Å². The van der Waals surface area contributed by atoms with Gasteiger partial charge >= 0.3 is 0 Å². The maximum absolute atomic E-state index is 12.5. The van der Waals surface area contributed by atoms with Crippen LogP contribution in [0.15, 0.2) is 21.6 Å². The lowest BCUT2D eigenvalue weighted by atomic mass is 10.1. The highest BCUT2D eigenvalue weighted by Gasteiger charge is 2.24. The molecule has 0 saturated carbocycles. The van der Waals surface area contributed by atoms with Crippen LogP contribution in [0.3, 0.4) is 0 Å². The molecule has 1 amide bonds. The molecule has 21 heavy (non-hydrogen) atoms. The summed E-state index contributed by atoms with van der Waals surface area (Å²) in [6, 6.07) is 2.70. The summed E-state index contributed by atoms with van der Waals surface area (Å²) in [6.07, 6.45) is 0. The van der Waals surface area contributed by atoms with E-state index in [4.69, 9.17) is 4.42 Å². The average molecular weight is 316 g/mol. The molecule has 0 radical (unpaired) electrons. The van der Waals surface area contributed by atoms with Gasteiger partial charge in [-0.05, 0) is 31.0 Å². The van der Waals surface area contributed by atoms with Gasteiger partial charge in [0.15, 0.2) is 5.76 Å². The normalized spacial score (nSPS) is 12.1. The van der Waals surface area contributed by atoms with Crippen LogP contribution < -0.4 is 4.72 Å². The first-order valence-electron chi connectivity index (χ1n) is 7.00. The standard InChI is InChI=1S/C14H24N2O4S/c1-10(2)8-16(9-11(3)4)14(17)12-6-7-13(20-12)21(18,19)15-5/h6-7,10-11,15H,8-9H2,1-5H3. The van der Waals surface area contributed by atoms with Crippen LogP contribution in [0.5, 0.6) is 0 Å². The van der Waals surface area contributed by atoms with Gasteiger partial charge in [0.2, 0.25) is 5.09 Å². The van der Waals surface area contributed by atoms with Crippen molar-refractivity contribution in [2.45, 2.75) is 32.8 Å². The molecule has 0 aliphatic carbocycles. The number of carbonyl (C=O) groups excluding carboxylic acids is 1. The summed E-state index contributed by atoms with van der Waals surface area (Å²) >= 11 is 0. The van der Waals surface area contributed by atoms with Crippen molar-refractivity contribution in [3.05, 3.63) is 17.9 Å². The molecule has 0 aliphatic heterocycles. The molecule has 0 aliphatic rings. The first-order valence-corrected chi connectivity index (χ1v) is 8.48. The highest BCUT2D eigenvalue weighted by atomic mass is 32.2. The zero-order chi connectivity index (χ0) is 16.2. The Morgan fingerprint density at radius 3 is 2.14 bits per heavy atom. The number of furan rings is 1. The van der Waals surface area contributed by atoms with E-state index in [2.05, 4.69) is 4.72 Å². The van der Waals surface area contributed by atoms with Crippen LogP contribution in [-0.4, -0.2) is 39.4 Å². The number of rotatable bonds is 7. The van der Waals surface area contributed by atoms with E-state index in [1.807, 2.05) is 27.7 Å². The molecule has 6 nitrogen and oxygen atoms in total. The van der Waals surface area contributed by atoms with Gasteiger partial charge in [-0.1, -0.05) is 27.7 Å². The van der Waals surface area contributed by atoms with E-state index in [1.165, 1.54) is 19.2 Å². The van der Waals surface area contributed by atoms with E-state index >= 15 is 0 Å². The summed E-state index contributed by atoms with van der Waals surface area (Å²) in [4.78, 5) is 14.2. The zero-order valence-electron chi connectivity index (χ0n) is 13.2. The molecule has 0 unspecified atom stereocenters. The first-order chi connectivity index (χ1) is 9.67. The second-order valence-corrected chi connectivity index (χ2v) is 7.64. The molecule has 1 aromatic heterocycles. The maximum Gasteiger partial charge on any atom is 0.289 e. The Morgan fingerprint density at radius 2 is 1.71 bits per heavy atom. The summed E-state index contributed by atoms with van der Waals surface area (Å²) in [6.45, 7) is 9.32. The van der Waals surface area contributed by atoms with Crippen molar-refractivity contribution in [2.24, 2.45) is 11.8 Å². The van der Waals surface area contributed by atoms with E-state index in [0.717, 1.165) is 0 Å². The molecule has 1 N–H and O–H groups in total. The molecule has 1 heterocycles. The topological polar surface area (TPSA) is 79.6 Å². The molecule has 120 valence electrons. The molecule has 0 aromatic carbocycles. The maximum atomic E-state index is 12.5. The summed E-state index contributed by atoms with van der Waals surface area (Å²) in [5.41, 5.74) is 0. The fourth-order valence-electron chi connectivity index (χ4n) is 1.96. The molecule has 0 saturated heterocycles. The average Bonchev–Trinajstić information content (AvgIpc) is 2.86. The van der Waals surface area contributed by atoms with Crippen molar-refractivity contribution >= 4 is 15.9 Å². The number of amides is 1. The summed E-state index contributed by atoms with van der Waals surface area (Å²) in [7, 11) is -2.38. The second-order valence-electron chi connectivity index (χ2n) is 5.82. The molecule has 0 atom stereocenters. The predicted octanol–water partition coefficient (Wildman–Crippen LogP) is 1.94. The molecular weight excluding hydrogens is 292 g/mol. The van der Waals surface area contributed by atoms with Gasteiger partial charge in [0, 0.05) is 13.1 Å². The Kier molecular flexibility index (Phi) is 5.98. The van der Waals surface area contributed by atoms with Crippen molar-refractivity contribution in [3.63, 3.8) is 0 Å². The highest BCUT2D eigenvalue weighted by molar-refractivity contribution is 7.89. The lowest BCUT2D eigenvalue weighted by Gasteiger charge is -2.25. The predicted molar refractivity (Wildman–Crippen MR) is 80.5 cm³/mol. The number of carbonyl (C=O) groups is 1. The van der Waals surface area contributed by atoms with Crippen LogP contribution >= 0.6 is 0 Å². The van der Waals surface area contributed by atoms with E-state index < -0.39 is 10.0 Å². The molecule has 1 aromatic rings. The molecule has 1 rings (SSSR count). The molecule has 7 heteroatoms. The van der Waals surface area contributed by atoms with Crippen molar-refractivity contribution in [1.29, 1.82) is 0 Å². The lowest BCUT2D eigenvalue weighted by molar-refractivity contribution is 0.0677. The summed E-state index contributed by atoms with van der Waals surface area (Å²) < 4.78 is 30.6. The van der Waals surface area contributed by atoms with Crippen LogP contribution in [0.2, 0.25) is 0 Å². The third-order valence-electron chi connectivity index (χ3n) is 2.78. The van der Waals surface area contributed by atoms with E-state index in [9.17, 15) is 13.2 Å². The number of hydrogen-bond acceptors (Lipinski definition) is 4. The second kappa shape index (κ2) is 7.09. The van der Waals surface area contributed by atoms with Crippen LogP contribution in [-0.2, 0) is 10.0 Å². The van der Waals surface area contributed by atoms with Crippen LogP contribution in [0.4, 0.5) is 0 Å². The van der Waals surface area contributed by atoms with E-state index in [0.29, 0.717) is 24.9 Å². The Labute approximate surface area is 126 Å². The number of nitrogens with one attached hydrogen (secondary N) is 1. The third kappa shape index (κ3) is 4.86. The van der Waals surface area contributed by atoms with Crippen LogP contribution in [0.1, 0.15) is 38.2 Å². The van der Waals surface area contributed by atoms with Gasteiger partial charge in [0.05, 0.1) is 0 Å². The third-order valence-corrected chi connectivity index (χ3v) is 4.07. The minimum Gasteiger partial charge on any atom is -0.438 e. The fraction of sp³-hybridized carbons (Fsp3) is 0.643. The number of nitrogens with zero attached hydrogens (tertiary/aromatic N) is 1. The van der Waals surface area contributed by atoms with Gasteiger partial charge in [-0.2, -0.15) is 0 Å². The smallest absolute Gasteiger partial charge is 0.289 e. The number of hydrogen-bond donors (Lipinski definition) is 1. The SMILES string of the molecule is CNS(=O)(=O)c1ccc(C(=O)N(CC(C)C)CC(C)C)o1. The van der Waals surface area contributed by atoms with Crippen molar-refractivity contribution in [2.75, 3.05) is 20.1 Å². The molecule has 0 fully saturated rings. The highest BCUT2D eigenvalue weighted by Crippen LogP contribution is 2.17. The summed E-state index contributed by atoms with van der Waals surface area (Å²) in [5, 5.41) is -0.248. The van der Waals surface area contributed by atoms with Crippen molar-refractivity contribution < 1.29 is 17.6 Å². The van der Waals surface area contributed by atoms with Gasteiger partial charge in [0.25, 0.3) is 15.9 Å². The minimum absolute atomic E-state index is 0.0464. The van der Waals surface area contributed by atoms with Gasteiger partial charge < -0.3 is 9.32 Å². The number of sulfonamides is 1. The Bertz CT molecular complexity index is 566. The van der Waals surface area contributed by atoms with Gasteiger partial charge in [-0.3, -0.25) is 4.79 Å². The van der Waals surface area contributed by atoms with Gasteiger partial charge in [-0.25, -0.2) is 13.1 Å². The zero-order valence-corrected chi connectivity index (χ0v) is 14.0. The Balaban J connectivity index is 2.99. The largest absolute Gasteiger partial charge is 0.438 e. The van der Waals surface area contributed by atoms with Crippen molar-refractivity contribution in [3.8, 4) is 0 Å². The fourth-order valence-corrected chi connectivity index (χ4v) is 2.61. The van der Waals surface area contributed by atoms with Crippen LogP contribution in [0.25, 0.3) is 0 Å². The van der Waals surface area contributed by atoms with Gasteiger partial charge in [-0.15, -0.1) is 0 Å². The lowest BCUT2D eigenvalue weighted by Crippen LogP contribution is -2.36. The van der Waals surface area contributed by atoms with Gasteiger partial charge in [0.1, 0.15) is 0 Å². The first kappa shape index (κ1) is 17.7. The minimum atomic E-state index is -3.67. The monoisotopic (exact) mass is 316 g/mol. The molecule has 0 spiro atoms. The van der Waals surface area contributed by atoms with E-state index in [1.54, 1.807) is 4.90 Å². The Morgan fingerprint density at radius 1 is 1.19 bits per heavy atom. The quantitative estimate of drug-likeness (QED) is 0.833. The van der Waals surface area contributed by atoms with Crippen LogP contribution in [0, 0.1) is 11.8 Å². The Hall–Kier alpha value is -1.34. The van der Waals surface area contributed by atoms with E-state index in [-0.39, 0.29) is 16.8 Å². The summed E-state index contributed by atoms with van der Waals surface area (Å²) in [5.74, 6) is 0.409.